The van der Waals surface area contributed by atoms with Gasteiger partial charge in [0.1, 0.15) is 5.75 Å². The van der Waals surface area contributed by atoms with E-state index >= 15 is 0 Å². The molecule has 1 amide bonds. The van der Waals surface area contributed by atoms with Crippen LogP contribution in [0, 0.1) is 5.92 Å². The molecule has 122 valence electrons. The Labute approximate surface area is 126 Å². The molecule has 1 atom stereocenters. The molecule has 1 aromatic carbocycles. The van der Waals surface area contributed by atoms with Gasteiger partial charge in [0.15, 0.2) is 6.61 Å². The number of hydrogen-bond donors (Lipinski definition) is 1. The first-order valence-corrected chi connectivity index (χ1v) is 6.99. The van der Waals surface area contributed by atoms with E-state index < -0.39 is 17.8 Å². The Bertz CT molecular complexity index is 512. The molecule has 22 heavy (non-hydrogen) atoms. The molecule has 0 spiro atoms. The fourth-order valence-corrected chi connectivity index (χ4v) is 2.01. The van der Waals surface area contributed by atoms with Gasteiger partial charge < -0.3 is 14.7 Å². The summed E-state index contributed by atoms with van der Waals surface area (Å²) in [5, 5.41) is 9.76. The highest BCUT2D eigenvalue weighted by atomic mass is 19.4. The van der Waals surface area contributed by atoms with Crippen LogP contribution < -0.4 is 4.74 Å². The number of ether oxygens (including phenoxy) is 1. The molecule has 0 heterocycles. The van der Waals surface area contributed by atoms with Crippen molar-refractivity contribution in [2.75, 3.05) is 20.2 Å². The lowest BCUT2D eigenvalue weighted by Crippen LogP contribution is -2.37. The number of carbonyl (C=O) groups is 1. The number of nitrogens with zero attached hydrogens (tertiary/aromatic N) is 1. The third kappa shape index (κ3) is 4.62. The van der Waals surface area contributed by atoms with Crippen molar-refractivity contribution < 1.29 is 27.8 Å². The van der Waals surface area contributed by atoms with Crippen LogP contribution in [0.2, 0.25) is 0 Å². The molecule has 0 saturated heterocycles. The molecule has 1 aromatic rings. The van der Waals surface area contributed by atoms with Gasteiger partial charge in [-0.05, 0) is 43.0 Å². The maximum atomic E-state index is 12.4. The number of amides is 1. The number of hydrogen-bond acceptors (Lipinski definition) is 3. The molecule has 0 aliphatic heterocycles. The van der Waals surface area contributed by atoms with Gasteiger partial charge >= 0.3 is 6.18 Å². The summed E-state index contributed by atoms with van der Waals surface area (Å²) >= 11 is 0. The average molecular weight is 317 g/mol. The molecule has 0 radical (unpaired) electrons. The summed E-state index contributed by atoms with van der Waals surface area (Å²) < 4.78 is 42.4. The Hall–Kier alpha value is -1.76. The molecule has 1 unspecified atom stereocenters. The number of benzene rings is 1. The van der Waals surface area contributed by atoms with Crippen LogP contribution in [0.15, 0.2) is 24.3 Å². The molecule has 1 N–H and O–H groups in total. The maximum absolute atomic E-state index is 12.4. The number of likely N-dealkylation sites (N-methyl/N-ethyl adjacent to an activating group) is 1. The van der Waals surface area contributed by atoms with Gasteiger partial charge in [0.2, 0.25) is 0 Å². The molecule has 0 bridgehead atoms. The van der Waals surface area contributed by atoms with E-state index in [9.17, 15) is 23.1 Å². The highest BCUT2D eigenvalue weighted by Gasteiger charge is 2.31. The third-order valence-electron chi connectivity index (χ3n) is 3.60. The molecule has 1 aliphatic rings. The van der Waals surface area contributed by atoms with Crippen molar-refractivity contribution in [2.24, 2.45) is 5.92 Å². The van der Waals surface area contributed by atoms with Gasteiger partial charge in [-0.3, -0.25) is 4.79 Å². The largest absolute Gasteiger partial charge is 0.484 e. The molecular weight excluding hydrogens is 299 g/mol. The molecule has 2 rings (SSSR count). The predicted molar refractivity (Wildman–Crippen MR) is 73.3 cm³/mol. The highest BCUT2D eigenvalue weighted by Crippen LogP contribution is 2.32. The SMILES string of the molecule is CN(CC(O)C1CC1)C(=O)COc1ccc(C(F)(F)F)cc1. The van der Waals surface area contributed by atoms with Crippen molar-refractivity contribution >= 4 is 5.91 Å². The zero-order valence-corrected chi connectivity index (χ0v) is 12.1. The monoisotopic (exact) mass is 317 g/mol. The van der Waals surface area contributed by atoms with E-state index in [1.165, 1.54) is 17.0 Å². The van der Waals surface area contributed by atoms with Gasteiger partial charge in [-0.15, -0.1) is 0 Å². The molecule has 1 saturated carbocycles. The second-order valence-electron chi connectivity index (χ2n) is 5.49. The molecule has 0 aromatic heterocycles. The summed E-state index contributed by atoms with van der Waals surface area (Å²) in [5.74, 6) is 0.128. The Morgan fingerprint density at radius 2 is 1.95 bits per heavy atom. The van der Waals surface area contributed by atoms with Gasteiger partial charge in [-0.1, -0.05) is 0 Å². The summed E-state index contributed by atoms with van der Waals surface area (Å²) in [6, 6.07) is 4.16. The van der Waals surface area contributed by atoms with Crippen LogP contribution in [0.3, 0.4) is 0 Å². The maximum Gasteiger partial charge on any atom is 0.416 e. The molecular formula is C15H18F3NO3. The van der Waals surface area contributed by atoms with E-state index in [1.807, 2.05) is 0 Å². The van der Waals surface area contributed by atoms with Crippen molar-refractivity contribution in [2.45, 2.75) is 25.1 Å². The van der Waals surface area contributed by atoms with Gasteiger partial charge in [-0.2, -0.15) is 13.2 Å². The average Bonchev–Trinajstić information content (AvgIpc) is 3.28. The fraction of sp³-hybridized carbons (Fsp3) is 0.533. The number of rotatable bonds is 6. The van der Waals surface area contributed by atoms with E-state index in [1.54, 1.807) is 7.05 Å². The molecule has 1 aliphatic carbocycles. The van der Waals surface area contributed by atoms with Gasteiger partial charge in [0, 0.05) is 13.6 Å². The lowest BCUT2D eigenvalue weighted by Gasteiger charge is -2.20. The first-order valence-electron chi connectivity index (χ1n) is 6.99. The minimum atomic E-state index is -4.40. The zero-order valence-electron chi connectivity index (χ0n) is 12.1. The van der Waals surface area contributed by atoms with E-state index in [4.69, 9.17) is 4.74 Å². The van der Waals surface area contributed by atoms with Crippen molar-refractivity contribution in [3.8, 4) is 5.75 Å². The van der Waals surface area contributed by atoms with Gasteiger partial charge in [-0.25, -0.2) is 0 Å². The summed E-state index contributed by atoms with van der Waals surface area (Å²) in [7, 11) is 1.56. The Morgan fingerprint density at radius 1 is 1.36 bits per heavy atom. The Kier molecular flexibility index (Phi) is 4.95. The Balaban J connectivity index is 1.80. The van der Waals surface area contributed by atoms with Crippen LogP contribution in [0.25, 0.3) is 0 Å². The van der Waals surface area contributed by atoms with Crippen LogP contribution in [0.5, 0.6) is 5.75 Å². The minimum absolute atomic E-state index is 0.192. The van der Waals surface area contributed by atoms with E-state index in [0.717, 1.165) is 25.0 Å². The van der Waals surface area contributed by atoms with Crippen LogP contribution in [-0.4, -0.2) is 42.2 Å². The standard InChI is InChI=1S/C15H18F3NO3/c1-19(8-13(20)10-2-3-10)14(21)9-22-12-6-4-11(5-7-12)15(16,17)18/h4-7,10,13,20H,2-3,8-9H2,1H3. The number of aliphatic hydroxyl groups excluding tert-OH is 1. The van der Waals surface area contributed by atoms with E-state index in [-0.39, 0.29) is 30.7 Å². The van der Waals surface area contributed by atoms with Crippen LogP contribution >= 0.6 is 0 Å². The van der Waals surface area contributed by atoms with Crippen molar-refractivity contribution in [3.05, 3.63) is 29.8 Å². The zero-order chi connectivity index (χ0) is 16.3. The fourth-order valence-electron chi connectivity index (χ4n) is 2.01. The molecule has 7 heteroatoms. The molecule has 1 fully saturated rings. The molecule has 4 nitrogen and oxygen atoms in total. The quantitative estimate of drug-likeness (QED) is 0.876. The van der Waals surface area contributed by atoms with Crippen molar-refractivity contribution in [1.82, 2.24) is 4.90 Å². The van der Waals surface area contributed by atoms with Crippen molar-refractivity contribution in [1.29, 1.82) is 0 Å². The minimum Gasteiger partial charge on any atom is -0.484 e. The normalized spacial score (nSPS) is 16.2. The van der Waals surface area contributed by atoms with Crippen LogP contribution in [0.4, 0.5) is 13.2 Å². The number of aliphatic hydroxyl groups is 1. The lowest BCUT2D eigenvalue weighted by molar-refractivity contribution is -0.137. The summed E-state index contributed by atoms with van der Waals surface area (Å²) in [4.78, 5) is 13.2. The number of carbonyl (C=O) groups excluding carboxylic acids is 1. The number of alkyl halides is 3. The highest BCUT2D eigenvalue weighted by molar-refractivity contribution is 5.77. The van der Waals surface area contributed by atoms with E-state index in [0.29, 0.717) is 0 Å². The first kappa shape index (κ1) is 16.6. The van der Waals surface area contributed by atoms with Gasteiger partial charge in [0.05, 0.1) is 11.7 Å². The summed E-state index contributed by atoms with van der Waals surface area (Å²) in [6.07, 6.45) is -2.97. The van der Waals surface area contributed by atoms with Crippen molar-refractivity contribution in [3.63, 3.8) is 0 Å². The van der Waals surface area contributed by atoms with Crippen LogP contribution in [-0.2, 0) is 11.0 Å². The van der Waals surface area contributed by atoms with Crippen LogP contribution in [0.1, 0.15) is 18.4 Å². The Morgan fingerprint density at radius 3 is 2.45 bits per heavy atom. The summed E-state index contributed by atoms with van der Waals surface area (Å²) in [5.41, 5.74) is -0.768. The summed E-state index contributed by atoms with van der Waals surface area (Å²) in [6.45, 7) is -0.0425. The predicted octanol–water partition coefficient (Wildman–Crippen LogP) is 2.31. The van der Waals surface area contributed by atoms with E-state index in [2.05, 4.69) is 0 Å². The third-order valence-corrected chi connectivity index (χ3v) is 3.60. The first-order chi connectivity index (χ1) is 10.3. The second kappa shape index (κ2) is 6.56. The topological polar surface area (TPSA) is 49.8 Å². The van der Waals surface area contributed by atoms with Gasteiger partial charge in [0.25, 0.3) is 5.91 Å². The second-order valence-corrected chi connectivity index (χ2v) is 5.49. The number of halogens is 3. The smallest absolute Gasteiger partial charge is 0.416 e. The lowest BCUT2D eigenvalue weighted by atomic mass is 10.2.